The van der Waals surface area contributed by atoms with Gasteiger partial charge in [-0.1, -0.05) is 68.1 Å². The molecule has 3 aromatic rings. The van der Waals surface area contributed by atoms with E-state index in [-0.39, 0.29) is 6.09 Å². The number of amides is 1. The van der Waals surface area contributed by atoms with Crippen LogP contribution >= 0.6 is 0 Å². The van der Waals surface area contributed by atoms with E-state index in [1.54, 1.807) is 4.90 Å². The van der Waals surface area contributed by atoms with Crippen LogP contribution in [0.1, 0.15) is 44.9 Å². The summed E-state index contributed by atoms with van der Waals surface area (Å²) in [5.74, 6) is 0.577. The van der Waals surface area contributed by atoms with Crippen LogP contribution in [0.2, 0.25) is 0 Å². The zero-order chi connectivity index (χ0) is 21.9. The van der Waals surface area contributed by atoms with Crippen LogP contribution in [0.4, 0.5) is 4.79 Å². The average molecular weight is 422 g/mol. The minimum Gasteiger partial charge on any atom is -0.410 e. The van der Waals surface area contributed by atoms with Gasteiger partial charge in [-0.2, -0.15) is 0 Å². The molecule has 31 heavy (non-hydrogen) atoms. The predicted molar refractivity (Wildman–Crippen MR) is 129 cm³/mol. The van der Waals surface area contributed by atoms with E-state index in [0.717, 1.165) is 48.4 Å². The highest BCUT2D eigenvalue weighted by molar-refractivity contribution is 6.07. The van der Waals surface area contributed by atoms with Crippen molar-refractivity contribution in [2.24, 2.45) is 11.5 Å². The molecule has 0 aliphatic heterocycles. The summed E-state index contributed by atoms with van der Waals surface area (Å²) in [6.45, 7) is 2.65. The van der Waals surface area contributed by atoms with Crippen molar-refractivity contribution in [1.29, 1.82) is 0 Å². The molecule has 5 heteroatoms. The SMILES string of the molecule is NCCCCCCCCN(CCCN)C(=O)Oc1ccc2ccc3ccccc3c2c1. The average Bonchev–Trinajstić information content (AvgIpc) is 2.80. The van der Waals surface area contributed by atoms with Crippen LogP contribution in [-0.2, 0) is 0 Å². The number of rotatable bonds is 12. The van der Waals surface area contributed by atoms with Crippen LogP contribution < -0.4 is 16.2 Å². The van der Waals surface area contributed by atoms with E-state index in [9.17, 15) is 4.79 Å². The first kappa shape index (κ1) is 23.0. The number of unbranched alkanes of at least 4 members (excludes halogenated alkanes) is 5. The van der Waals surface area contributed by atoms with Crippen molar-refractivity contribution in [1.82, 2.24) is 4.90 Å². The fourth-order valence-corrected chi connectivity index (χ4v) is 3.94. The lowest BCUT2D eigenvalue weighted by Gasteiger charge is -2.22. The monoisotopic (exact) mass is 421 g/mol. The molecule has 0 saturated carbocycles. The second-order valence-electron chi connectivity index (χ2n) is 8.08. The van der Waals surface area contributed by atoms with E-state index >= 15 is 0 Å². The van der Waals surface area contributed by atoms with Gasteiger partial charge in [0.1, 0.15) is 5.75 Å². The Morgan fingerprint density at radius 1 is 0.710 bits per heavy atom. The zero-order valence-electron chi connectivity index (χ0n) is 18.4. The molecule has 0 spiro atoms. The second kappa shape index (κ2) is 12.3. The highest BCUT2D eigenvalue weighted by Crippen LogP contribution is 2.28. The van der Waals surface area contributed by atoms with Gasteiger partial charge in [0.25, 0.3) is 0 Å². The molecule has 3 rings (SSSR count). The fourth-order valence-electron chi connectivity index (χ4n) is 3.94. The summed E-state index contributed by atoms with van der Waals surface area (Å²) in [6, 6.07) is 18.3. The summed E-state index contributed by atoms with van der Waals surface area (Å²) in [6.07, 6.45) is 7.23. The Morgan fingerprint density at radius 3 is 2.10 bits per heavy atom. The quantitative estimate of drug-likeness (QED) is 0.301. The number of carbonyl (C=O) groups is 1. The Bertz CT molecular complexity index is 973. The molecule has 0 atom stereocenters. The Kier molecular flexibility index (Phi) is 9.13. The maximum atomic E-state index is 12.9. The molecule has 0 fully saturated rings. The first-order chi connectivity index (χ1) is 15.2. The molecular formula is C26H35N3O2. The molecule has 0 aliphatic carbocycles. The molecular weight excluding hydrogens is 386 g/mol. The van der Waals surface area contributed by atoms with Crippen molar-refractivity contribution < 1.29 is 9.53 Å². The van der Waals surface area contributed by atoms with Gasteiger partial charge in [0, 0.05) is 13.1 Å². The Balaban J connectivity index is 1.63. The molecule has 166 valence electrons. The molecule has 4 N–H and O–H groups in total. The molecule has 0 heterocycles. The maximum absolute atomic E-state index is 12.9. The summed E-state index contributed by atoms with van der Waals surface area (Å²) < 4.78 is 5.77. The summed E-state index contributed by atoms with van der Waals surface area (Å²) in [4.78, 5) is 14.7. The predicted octanol–water partition coefficient (Wildman–Crippen LogP) is 5.44. The molecule has 5 nitrogen and oxygen atoms in total. The number of nitrogens with two attached hydrogens (primary N) is 2. The van der Waals surface area contributed by atoms with Crippen molar-refractivity contribution in [2.75, 3.05) is 26.2 Å². The largest absolute Gasteiger partial charge is 0.415 e. The molecule has 0 radical (unpaired) electrons. The smallest absolute Gasteiger partial charge is 0.410 e. The molecule has 1 amide bonds. The summed E-state index contributed by atoms with van der Waals surface area (Å²) in [7, 11) is 0. The molecule has 3 aromatic carbocycles. The Hall–Kier alpha value is -2.63. The number of hydrogen-bond acceptors (Lipinski definition) is 4. The van der Waals surface area contributed by atoms with Crippen molar-refractivity contribution in [3.63, 3.8) is 0 Å². The Morgan fingerprint density at radius 2 is 1.32 bits per heavy atom. The van der Waals surface area contributed by atoms with E-state index in [4.69, 9.17) is 16.2 Å². The van der Waals surface area contributed by atoms with Gasteiger partial charge in [0.2, 0.25) is 0 Å². The fraction of sp³-hybridized carbons (Fsp3) is 0.423. The highest BCUT2D eigenvalue weighted by atomic mass is 16.6. The Labute approximate surface area is 185 Å². The van der Waals surface area contributed by atoms with Gasteiger partial charge < -0.3 is 21.1 Å². The molecule has 0 aromatic heterocycles. The first-order valence-corrected chi connectivity index (χ1v) is 11.5. The minimum atomic E-state index is -0.295. The van der Waals surface area contributed by atoms with Crippen LogP contribution in [0.15, 0.2) is 54.6 Å². The number of benzene rings is 3. The van der Waals surface area contributed by atoms with Gasteiger partial charge in [0.15, 0.2) is 0 Å². The van der Waals surface area contributed by atoms with Gasteiger partial charge in [-0.05, 0) is 66.0 Å². The van der Waals surface area contributed by atoms with Gasteiger partial charge in [-0.15, -0.1) is 0 Å². The second-order valence-corrected chi connectivity index (χ2v) is 8.08. The number of fused-ring (bicyclic) bond motifs is 3. The minimum absolute atomic E-state index is 0.295. The van der Waals surface area contributed by atoms with Crippen molar-refractivity contribution in [2.45, 2.75) is 44.9 Å². The topological polar surface area (TPSA) is 81.6 Å². The third-order valence-electron chi connectivity index (χ3n) is 5.70. The van der Waals surface area contributed by atoms with E-state index in [1.807, 2.05) is 30.3 Å². The standard InChI is InChI=1S/C26H35N3O2/c27-16-7-3-1-2-4-8-18-29(19-9-17-28)26(30)31-23-15-14-22-13-12-21-10-5-6-11-24(21)25(22)20-23/h5-6,10-15,20H,1-4,7-9,16-19,27-28H2. The molecule has 0 aliphatic rings. The summed E-state index contributed by atoms with van der Waals surface area (Å²) in [5.41, 5.74) is 11.2. The van der Waals surface area contributed by atoms with E-state index in [2.05, 4.69) is 24.3 Å². The maximum Gasteiger partial charge on any atom is 0.415 e. The van der Waals surface area contributed by atoms with Crippen LogP contribution in [0.3, 0.4) is 0 Å². The van der Waals surface area contributed by atoms with Crippen LogP contribution in [0, 0.1) is 0 Å². The van der Waals surface area contributed by atoms with Crippen LogP contribution in [0.25, 0.3) is 21.5 Å². The third-order valence-corrected chi connectivity index (χ3v) is 5.70. The van der Waals surface area contributed by atoms with Gasteiger partial charge in [-0.25, -0.2) is 4.79 Å². The number of hydrogen-bond donors (Lipinski definition) is 2. The van der Waals surface area contributed by atoms with Gasteiger partial charge in [0.05, 0.1) is 0 Å². The molecule has 0 bridgehead atoms. The first-order valence-electron chi connectivity index (χ1n) is 11.5. The normalized spacial score (nSPS) is 11.2. The lowest BCUT2D eigenvalue weighted by atomic mass is 10.0. The van der Waals surface area contributed by atoms with E-state index < -0.39 is 0 Å². The highest BCUT2D eigenvalue weighted by Gasteiger charge is 2.15. The van der Waals surface area contributed by atoms with Crippen molar-refractivity contribution in [3.05, 3.63) is 54.6 Å². The number of ether oxygens (including phenoxy) is 1. The lowest BCUT2D eigenvalue weighted by molar-refractivity contribution is 0.151. The number of nitrogens with zero attached hydrogens (tertiary/aromatic N) is 1. The molecule has 0 saturated heterocycles. The third kappa shape index (κ3) is 6.68. The van der Waals surface area contributed by atoms with E-state index in [1.165, 1.54) is 24.6 Å². The van der Waals surface area contributed by atoms with Crippen molar-refractivity contribution >= 4 is 27.6 Å². The lowest BCUT2D eigenvalue weighted by Crippen LogP contribution is -2.36. The summed E-state index contributed by atoms with van der Waals surface area (Å²) >= 11 is 0. The zero-order valence-corrected chi connectivity index (χ0v) is 18.4. The molecule has 0 unspecified atom stereocenters. The van der Waals surface area contributed by atoms with Crippen LogP contribution in [0.5, 0.6) is 5.75 Å². The number of carbonyl (C=O) groups excluding carboxylic acids is 1. The van der Waals surface area contributed by atoms with E-state index in [0.29, 0.717) is 25.4 Å². The van der Waals surface area contributed by atoms with Crippen LogP contribution in [-0.4, -0.2) is 37.2 Å². The van der Waals surface area contributed by atoms with Crippen molar-refractivity contribution in [3.8, 4) is 5.75 Å². The summed E-state index contributed by atoms with van der Waals surface area (Å²) in [5, 5.41) is 4.56. The van der Waals surface area contributed by atoms with Gasteiger partial charge in [-0.3, -0.25) is 0 Å². The van der Waals surface area contributed by atoms with Gasteiger partial charge >= 0.3 is 6.09 Å².